The van der Waals surface area contributed by atoms with Crippen molar-refractivity contribution in [1.29, 1.82) is 0 Å². The highest BCUT2D eigenvalue weighted by Gasteiger charge is 2.34. The lowest BCUT2D eigenvalue weighted by Gasteiger charge is -2.24. The molecule has 1 aliphatic heterocycles. The Morgan fingerprint density at radius 3 is 2.00 bits per heavy atom. The van der Waals surface area contributed by atoms with E-state index in [-0.39, 0.29) is 11.3 Å². The van der Waals surface area contributed by atoms with Gasteiger partial charge in [0, 0.05) is 5.56 Å². The largest absolute Gasteiger partial charge is 0.507 e. The number of aromatic hydroxyl groups is 1. The van der Waals surface area contributed by atoms with E-state index in [1.807, 2.05) is 19.9 Å². The molecule has 0 aromatic heterocycles. The minimum absolute atomic E-state index is 0.160. The van der Waals surface area contributed by atoms with Crippen molar-refractivity contribution in [2.75, 3.05) is 0 Å². The monoisotopic (exact) mass is 352 g/mol. The molecule has 0 aliphatic carbocycles. The maximum Gasteiger partial charge on any atom is 0.348 e. The molecular weight excluding hydrogens is 332 g/mol. The average molecular weight is 352 g/mol. The number of aryl methyl sites for hydroxylation is 2. The van der Waals surface area contributed by atoms with E-state index in [9.17, 15) is 14.7 Å². The minimum atomic E-state index is -1.04. The van der Waals surface area contributed by atoms with Crippen LogP contribution in [0.15, 0.2) is 48.0 Å². The van der Waals surface area contributed by atoms with Crippen LogP contribution < -0.4 is 0 Å². The smallest absolute Gasteiger partial charge is 0.348 e. The number of hydrogen-bond donors (Lipinski definition) is 1. The van der Waals surface area contributed by atoms with Gasteiger partial charge in [-0.25, -0.2) is 9.59 Å². The number of carbonyl (C=O) groups excluding carboxylic acids is 2. The Kier molecular flexibility index (Phi) is 5.07. The summed E-state index contributed by atoms with van der Waals surface area (Å²) in [6, 6.07) is 12.3. The number of phenols is 1. The normalized spacial score (nSPS) is 16.8. The molecule has 1 aliphatic rings. The molecule has 0 spiro atoms. The third kappa shape index (κ3) is 3.47. The van der Waals surface area contributed by atoms with E-state index in [4.69, 9.17) is 9.47 Å². The summed E-state index contributed by atoms with van der Waals surface area (Å²) < 4.78 is 10.5. The number of hydrogen-bond acceptors (Lipinski definition) is 5. The molecule has 134 valence electrons. The van der Waals surface area contributed by atoms with Gasteiger partial charge in [-0.2, -0.15) is 0 Å². The van der Waals surface area contributed by atoms with Crippen LogP contribution in [0.4, 0.5) is 0 Å². The van der Waals surface area contributed by atoms with E-state index < -0.39 is 18.2 Å². The molecule has 0 saturated carbocycles. The molecule has 0 radical (unpaired) electrons. The third-order valence-electron chi connectivity index (χ3n) is 4.30. The first-order valence-corrected chi connectivity index (χ1v) is 8.56. The minimum Gasteiger partial charge on any atom is -0.507 e. The molecule has 1 saturated heterocycles. The van der Waals surface area contributed by atoms with Crippen LogP contribution in [0.1, 0.15) is 42.4 Å². The molecular formula is C21H20O5. The van der Waals surface area contributed by atoms with Crippen LogP contribution in [-0.4, -0.2) is 17.0 Å². The second-order valence-corrected chi connectivity index (χ2v) is 6.01. The van der Waals surface area contributed by atoms with Crippen molar-refractivity contribution in [3.05, 3.63) is 70.3 Å². The highest BCUT2D eigenvalue weighted by atomic mass is 16.7. The standard InChI is InChI=1S/C21H20O5/c1-3-14-10-13(11-15(4-2)18(14)22)12-17-19(23)25-21(26-20(17)24)16-8-6-5-7-9-16/h5-12,21-22H,3-4H2,1-2H3. The fourth-order valence-electron chi connectivity index (χ4n) is 2.87. The fourth-order valence-corrected chi connectivity index (χ4v) is 2.87. The third-order valence-corrected chi connectivity index (χ3v) is 4.30. The highest BCUT2D eigenvalue weighted by molar-refractivity contribution is 6.18. The van der Waals surface area contributed by atoms with Crippen molar-refractivity contribution in [3.8, 4) is 5.75 Å². The topological polar surface area (TPSA) is 72.8 Å². The summed E-state index contributed by atoms with van der Waals surface area (Å²) in [6.07, 6.45) is 1.69. The summed E-state index contributed by atoms with van der Waals surface area (Å²) in [5, 5.41) is 10.2. The molecule has 1 heterocycles. The van der Waals surface area contributed by atoms with Crippen LogP contribution in [0.25, 0.3) is 6.08 Å². The van der Waals surface area contributed by atoms with E-state index in [1.54, 1.807) is 36.4 Å². The Labute approximate surface area is 151 Å². The predicted octanol–water partition coefficient (Wildman–Crippen LogP) is 3.70. The highest BCUT2D eigenvalue weighted by Crippen LogP contribution is 2.30. The lowest BCUT2D eigenvalue weighted by atomic mass is 9.99. The van der Waals surface area contributed by atoms with Crippen LogP contribution in [0.2, 0.25) is 0 Å². The van der Waals surface area contributed by atoms with Crippen molar-refractivity contribution in [1.82, 2.24) is 0 Å². The van der Waals surface area contributed by atoms with Gasteiger partial charge in [0.2, 0.25) is 0 Å². The van der Waals surface area contributed by atoms with Crippen molar-refractivity contribution in [2.45, 2.75) is 33.0 Å². The molecule has 0 amide bonds. The summed E-state index contributed by atoms with van der Waals surface area (Å²) in [5.74, 6) is -1.19. The molecule has 26 heavy (non-hydrogen) atoms. The summed E-state index contributed by atoms with van der Waals surface area (Å²) in [4.78, 5) is 24.7. The number of benzene rings is 2. The van der Waals surface area contributed by atoms with Crippen LogP contribution in [0, 0.1) is 0 Å². The van der Waals surface area contributed by atoms with Gasteiger partial charge < -0.3 is 14.6 Å². The van der Waals surface area contributed by atoms with E-state index in [0.717, 1.165) is 11.1 Å². The van der Waals surface area contributed by atoms with Crippen molar-refractivity contribution >= 4 is 18.0 Å². The van der Waals surface area contributed by atoms with Gasteiger partial charge in [0.25, 0.3) is 6.29 Å². The molecule has 3 rings (SSSR count). The van der Waals surface area contributed by atoms with E-state index in [0.29, 0.717) is 24.0 Å². The van der Waals surface area contributed by atoms with Gasteiger partial charge in [-0.1, -0.05) is 44.2 Å². The van der Waals surface area contributed by atoms with Crippen molar-refractivity contribution in [2.24, 2.45) is 0 Å². The summed E-state index contributed by atoms with van der Waals surface area (Å²) in [7, 11) is 0. The van der Waals surface area contributed by atoms with Gasteiger partial charge >= 0.3 is 11.9 Å². The van der Waals surface area contributed by atoms with Crippen LogP contribution >= 0.6 is 0 Å². The molecule has 1 N–H and O–H groups in total. The fraction of sp³-hybridized carbons (Fsp3) is 0.238. The molecule has 2 aromatic carbocycles. The lowest BCUT2D eigenvalue weighted by Crippen LogP contribution is -2.29. The molecule has 0 unspecified atom stereocenters. The lowest BCUT2D eigenvalue weighted by molar-refractivity contribution is -0.195. The molecule has 1 fully saturated rings. The predicted molar refractivity (Wildman–Crippen MR) is 96.2 cm³/mol. The Hall–Kier alpha value is -3.08. The molecule has 0 bridgehead atoms. The zero-order chi connectivity index (χ0) is 18.7. The number of rotatable bonds is 4. The van der Waals surface area contributed by atoms with Gasteiger partial charge in [0.05, 0.1) is 0 Å². The first-order valence-electron chi connectivity index (χ1n) is 8.56. The molecule has 5 nitrogen and oxygen atoms in total. The van der Waals surface area contributed by atoms with E-state index in [2.05, 4.69) is 0 Å². The number of carbonyl (C=O) groups is 2. The van der Waals surface area contributed by atoms with Gasteiger partial charge in [-0.3, -0.25) is 0 Å². The maximum absolute atomic E-state index is 12.3. The van der Waals surface area contributed by atoms with Gasteiger partial charge in [0.1, 0.15) is 11.3 Å². The van der Waals surface area contributed by atoms with Crippen molar-refractivity contribution in [3.63, 3.8) is 0 Å². The summed E-state index contributed by atoms with van der Waals surface area (Å²) in [6.45, 7) is 3.86. The Morgan fingerprint density at radius 2 is 1.50 bits per heavy atom. The van der Waals surface area contributed by atoms with Crippen molar-refractivity contribution < 1.29 is 24.2 Å². The zero-order valence-electron chi connectivity index (χ0n) is 14.7. The molecule has 5 heteroatoms. The Bertz CT molecular complexity index is 822. The molecule has 2 aromatic rings. The molecule has 0 atom stereocenters. The number of cyclic esters (lactones) is 2. The van der Waals surface area contributed by atoms with E-state index >= 15 is 0 Å². The van der Waals surface area contributed by atoms with Gasteiger partial charge in [-0.05, 0) is 47.7 Å². The number of phenolic OH excluding ortho intramolecular Hbond substituents is 1. The van der Waals surface area contributed by atoms with Crippen LogP contribution in [0.3, 0.4) is 0 Å². The summed E-state index contributed by atoms with van der Waals surface area (Å²) in [5.41, 5.74) is 2.61. The Balaban J connectivity index is 1.91. The quantitative estimate of drug-likeness (QED) is 0.516. The second kappa shape index (κ2) is 7.44. The van der Waals surface area contributed by atoms with Gasteiger partial charge in [0.15, 0.2) is 0 Å². The first kappa shape index (κ1) is 17.7. The number of ether oxygens (including phenoxy) is 2. The summed E-state index contributed by atoms with van der Waals surface area (Å²) >= 11 is 0. The van der Waals surface area contributed by atoms with Crippen LogP contribution in [-0.2, 0) is 31.9 Å². The SMILES string of the molecule is CCc1cc(C=C2C(=O)OC(c3ccccc3)OC2=O)cc(CC)c1O. The first-order chi connectivity index (χ1) is 12.5. The van der Waals surface area contributed by atoms with Gasteiger partial charge in [-0.15, -0.1) is 0 Å². The van der Waals surface area contributed by atoms with E-state index in [1.165, 1.54) is 6.08 Å². The van der Waals surface area contributed by atoms with Crippen LogP contribution in [0.5, 0.6) is 5.75 Å². The number of esters is 2. The maximum atomic E-state index is 12.3. The average Bonchev–Trinajstić information content (AvgIpc) is 2.66. The Morgan fingerprint density at radius 1 is 0.962 bits per heavy atom. The second-order valence-electron chi connectivity index (χ2n) is 6.01. The zero-order valence-corrected chi connectivity index (χ0v) is 14.7.